The molecule has 2 aromatic carbocycles. The van der Waals surface area contributed by atoms with Crippen LogP contribution in [0.15, 0.2) is 60.7 Å². The van der Waals surface area contributed by atoms with Crippen LogP contribution < -0.4 is 5.73 Å². The van der Waals surface area contributed by atoms with Gasteiger partial charge in [-0.3, -0.25) is 9.59 Å². The van der Waals surface area contributed by atoms with Crippen molar-refractivity contribution in [1.82, 2.24) is 0 Å². The van der Waals surface area contributed by atoms with Crippen LogP contribution in [-0.2, 0) is 44.5 Å². The van der Waals surface area contributed by atoms with E-state index in [1.165, 1.54) is 40.6 Å². The van der Waals surface area contributed by atoms with Crippen molar-refractivity contribution < 1.29 is 63.0 Å². The van der Waals surface area contributed by atoms with Crippen molar-refractivity contribution in [2.75, 3.05) is 31.3 Å². The van der Waals surface area contributed by atoms with Gasteiger partial charge in [-0.2, -0.15) is 0 Å². The zero-order valence-corrected chi connectivity index (χ0v) is 34.7. The molecule has 58 heavy (non-hydrogen) atoms. The topological polar surface area (TPSA) is 218 Å². The van der Waals surface area contributed by atoms with Gasteiger partial charge in [0.15, 0.2) is 5.78 Å². The summed E-state index contributed by atoms with van der Waals surface area (Å²) in [6, 6.07) is 16.8. The molecule has 4 bridgehead atoms. The van der Waals surface area contributed by atoms with Crippen LogP contribution in [0, 0.1) is 28.1 Å². The molecule has 16 heteroatoms. The number of hydrogen-bond acceptors (Lipinski definition) is 16. The fraction of sp³-hybridized carbons (Fsp3) is 0.595. The number of fused-ring (bicyclic) bond motifs is 3. The van der Waals surface area contributed by atoms with Gasteiger partial charge in [0.2, 0.25) is 11.9 Å². The Morgan fingerprint density at radius 1 is 0.966 bits per heavy atom. The van der Waals surface area contributed by atoms with Gasteiger partial charge in [-0.25, -0.2) is 14.4 Å². The second kappa shape index (κ2) is 17.6. The van der Waals surface area contributed by atoms with Crippen LogP contribution in [0.5, 0.6) is 0 Å². The maximum absolute atomic E-state index is 14.6. The first-order valence-corrected chi connectivity index (χ1v) is 22.1. The predicted octanol–water partition coefficient (Wildman–Crippen LogP) is 3.70. The quantitative estimate of drug-likeness (QED) is 0.0743. The minimum atomic E-state index is -2.24. The Morgan fingerprint density at radius 3 is 2.29 bits per heavy atom. The highest BCUT2D eigenvalue weighted by atomic mass is 33.1. The predicted molar refractivity (Wildman–Crippen MR) is 213 cm³/mol. The molecule has 1 spiro atoms. The van der Waals surface area contributed by atoms with E-state index >= 15 is 0 Å². The van der Waals surface area contributed by atoms with Crippen molar-refractivity contribution >= 4 is 51.2 Å². The van der Waals surface area contributed by atoms with E-state index in [0.717, 1.165) is 5.75 Å². The number of carbonyl (C=O) groups is 5. The van der Waals surface area contributed by atoms with Crippen LogP contribution >= 0.6 is 21.6 Å². The second-order valence-corrected chi connectivity index (χ2v) is 19.2. The molecule has 11 atom stereocenters. The number of carbonyl (C=O) groups excluding carboxylic acids is 5. The summed E-state index contributed by atoms with van der Waals surface area (Å²) in [5.74, 6) is -4.08. The van der Waals surface area contributed by atoms with E-state index in [-0.39, 0.29) is 25.0 Å². The lowest BCUT2D eigenvalue weighted by atomic mass is 9.45. The fourth-order valence-electron chi connectivity index (χ4n) is 9.73. The molecule has 0 aromatic heterocycles. The highest BCUT2D eigenvalue weighted by Gasteiger charge is 2.79. The molecule has 3 aliphatic carbocycles. The number of Topliss-reactive ketones (excluding diaryl/α,β-unsaturated/α-hetero) is 2. The van der Waals surface area contributed by atoms with E-state index in [4.69, 9.17) is 29.4 Å². The largest absolute Gasteiger partial charge is 0.509 e. The number of esters is 2. The first-order chi connectivity index (χ1) is 27.5. The van der Waals surface area contributed by atoms with Gasteiger partial charge in [-0.15, -0.1) is 0 Å². The highest BCUT2D eigenvalue weighted by Crippen LogP contribution is 2.66. The Kier molecular flexibility index (Phi) is 13.4. The monoisotopic (exact) mass is 843 g/mol. The first kappa shape index (κ1) is 44.1. The van der Waals surface area contributed by atoms with Crippen molar-refractivity contribution in [2.24, 2.45) is 33.8 Å². The Morgan fingerprint density at radius 2 is 1.62 bits per heavy atom. The molecule has 6 rings (SSSR count). The minimum absolute atomic E-state index is 0.0132. The number of ether oxygens (including phenoxy) is 5. The minimum Gasteiger partial charge on any atom is -0.459 e. The number of ketones is 2. The molecule has 0 amide bonds. The number of nitrogens with two attached hydrogens (primary N) is 1. The van der Waals surface area contributed by atoms with E-state index in [1.807, 2.05) is 0 Å². The summed E-state index contributed by atoms with van der Waals surface area (Å²) < 4.78 is 29.4. The molecule has 11 unspecified atom stereocenters. The van der Waals surface area contributed by atoms with Gasteiger partial charge < -0.3 is 44.7 Å². The third kappa shape index (κ3) is 7.81. The van der Waals surface area contributed by atoms with Gasteiger partial charge in [0.05, 0.1) is 41.3 Å². The van der Waals surface area contributed by atoms with E-state index in [2.05, 4.69) is 0 Å². The highest BCUT2D eigenvalue weighted by molar-refractivity contribution is 8.76. The number of benzene rings is 2. The fourth-order valence-corrected chi connectivity index (χ4v) is 11.4. The molecule has 1 aliphatic heterocycles. The third-order valence-electron chi connectivity index (χ3n) is 13.3. The summed E-state index contributed by atoms with van der Waals surface area (Å²) in [4.78, 5) is 70.1. The molecule has 2 aromatic rings. The molecular formula is C42H53NO13S2. The maximum atomic E-state index is 14.6. The lowest BCUT2D eigenvalue weighted by Crippen LogP contribution is -2.75. The zero-order valence-electron chi connectivity index (χ0n) is 33.1. The summed E-state index contributed by atoms with van der Waals surface area (Å²) in [7, 11) is 3.00. The van der Waals surface area contributed by atoms with E-state index < -0.39 is 119 Å². The molecule has 4 aliphatic rings. The zero-order chi connectivity index (χ0) is 42.0. The van der Waals surface area contributed by atoms with Gasteiger partial charge in [0, 0.05) is 49.1 Å². The lowest BCUT2D eigenvalue weighted by molar-refractivity contribution is -0.281. The number of hydrogen-bond donors (Lipinski definition) is 4. The molecule has 3 saturated carbocycles. The summed E-state index contributed by atoms with van der Waals surface area (Å²) in [6.07, 6.45) is -10.8. The van der Waals surface area contributed by atoms with Crippen LogP contribution in [0.2, 0.25) is 0 Å². The first-order valence-electron chi connectivity index (χ1n) is 19.6. The molecule has 14 nitrogen and oxygen atoms in total. The standard InChI is InChI=1S/C42H53NO13S2/c1-24-27-20-28(44)33(46)40(4)32(45)21-29-34(47)41(40,23-53-29)37(56-35(48)26-13-9-6-10-14-26)42(51,39(27,2)3)22-31(24)54-36(49)30(19-25-11-7-5-8-12-25)55-38(50)52-16-18-58-57-17-15-43/h5-14,24,27,29-32,34,37,45,47,51H,15-23,43H2,1-4H3. The Hall–Kier alpha value is -3.51. The maximum Gasteiger partial charge on any atom is 0.509 e. The molecule has 5 N–H and O–H groups in total. The summed E-state index contributed by atoms with van der Waals surface area (Å²) in [5, 5.41) is 37.4. The lowest BCUT2D eigenvalue weighted by Gasteiger charge is -2.62. The molecular weight excluding hydrogens is 791 g/mol. The van der Waals surface area contributed by atoms with Crippen molar-refractivity contribution in [1.29, 1.82) is 0 Å². The van der Waals surface area contributed by atoms with E-state index in [0.29, 0.717) is 17.9 Å². The van der Waals surface area contributed by atoms with Gasteiger partial charge >= 0.3 is 18.1 Å². The van der Waals surface area contributed by atoms with Crippen molar-refractivity contribution in [2.45, 2.75) is 95.6 Å². The van der Waals surface area contributed by atoms with E-state index in [9.17, 15) is 39.3 Å². The van der Waals surface area contributed by atoms with Crippen LogP contribution in [0.25, 0.3) is 0 Å². The molecule has 4 fully saturated rings. The summed E-state index contributed by atoms with van der Waals surface area (Å²) in [5.41, 5.74) is -1.43. The van der Waals surface area contributed by atoms with Crippen LogP contribution in [0.1, 0.15) is 62.9 Å². The van der Waals surface area contributed by atoms with Crippen LogP contribution in [-0.4, -0.2) is 118 Å². The van der Waals surface area contributed by atoms with Gasteiger partial charge in [0.25, 0.3) is 0 Å². The van der Waals surface area contributed by atoms with Gasteiger partial charge in [-0.05, 0) is 36.5 Å². The Bertz CT molecular complexity index is 1830. The van der Waals surface area contributed by atoms with Crippen molar-refractivity contribution in [3.63, 3.8) is 0 Å². The molecule has 0 radical (unpaired) electrons. The summed E-state index contributed by atoms with van der Waals surface area (Å²) >= 11 is 0. The van der Waals surface area contributed by atoms with Gasteiger partial charge in [0.1, 0.15) is 24.4 Å². The average Bonchev–Trinajstić information content (AvgIpc) is 3.47. The molecule has 1 heterocycles. The van der Waals surface area contributed by atoms with E-state index in [1.54, 1.807) is 69.3 Å². The smallest absolute Gasteiger partial charge is 0.459 e. The number of rotatable bonds is 13. The molecule has 316 valence electrons. The Balaban J connectivity index is 1.39. The average molecular weight is 844 g/mol. The third-order valence-corrected chi connectivity index (χ3v) is 15.7. The van der Waals surface area contributed by atoms with Gasteiger partial charge in [-0.1, -0.05) is 90.9 Å². The number of aliphatic hydroxyl groups excluding tert-OH is 2. The molecule has 1 saturated heterocycles. The summed E-state index contributed by atoms with van der Waals surface area (Å²) in [6.45, 7) is 6.56. The Labute approximate surface area is 345 Å². The van der Waals surface area contributed by atoms with Crippen LogP contribution in [0.3, 0.4) is 0 Å². The van der Waals surface area contributed by atoms with Crippen molar-refractivity contribution in [3.05, 3.63) is 71.8 Å². The normalized spacial score (nSPS) is 34.4. The SMILES string of the molecule is CC1C(OC(=O)C(Cc2ccccc2)OC(=O)OCCSSCCN)CC2(O)C(OC(=O)c3ccccc3)C34COC(CC(O)C3(C)C(=O)C(=O)CC1C2(C)C)C4O. The second-order valence-electron chi connectivity index (χ2n) is 16.5. The van der Waals surface area contributed by atoms with Crippen LogP contribution in [0.4, 0.5) is 4.79 Å². The number of aliphatic hydroxyl groups is 3. The van der Waals surface area contributed by atoms with Crippen molar-refractivity contribution in [3.8, 4) is 0 Å².